The molecule has 0 aliphatic heterocycles. The number of methoxy groups -OCH3 is 1. The van der Waals surface area contributed by atoms with Crippen LogP contribution < -0.4 is 4.74 Å². The highest BCUT2D eigenvalue weighted by Crippen LogP contribution is 2.36. The van der Waals surface area contributed by atoms with E-state index in [0.717, 1.165) is 5.56 Å². The van der Waals surface area contributed by atoms with Gasteiger partial charge in [-0.3, -0.25) is 14.4 Å². The topological polar surface area (TPSA) is 80.7 Å². The lowest BCUT2D eigenvalue weighted by atomic mass is 9.78. The van der Waals surface area contributed by atoms with Crippen LogP contribution in [0.3, 0.4) is 0 Å². The summed E-state index contributed by atoms with van der Waals surface area (Å²) in [5, 5.41) is 8.86. The van der Waals surface area contributed by atoms with Gasteiger partial charge in [0.05, 0.1) is 7.11 Å². The molecule has 0 radical (unpaired) electrons. The van der Waals surface area contributed by atoms with Gasteiger partial charge in [0.25, 0.3) is 0 Å². The summed E-state index contributed by atoms with van der Waals surface area (Å²) < 4.78 is 5.20. The van der Waals surface area contributed by atoms with Crippen LogP contribution >= 0.6 is 0 Å². The Bertz CT molecular complexity index is 924. The van der Waals surface area contributed by atoms with E-state index in [9.17, 15) is 14.4 Å². The molecule has 2 aromatic rings. The first-order valence-corrected chi connectivity index (χ1v) is 9.26. The van der Waals surface area contributed by atoms with Gasteiger partial charge in [-0.25, -0.2) is 0 Å². The van der Waals surface area contributed by atoms with E-state index in [1.54, 1.807) is 31.4 Å². The van der Waals surface area contributed by atoms with Crippen molar-refractivity contribution in [2.24, 2.45) is 0 Å². The standard InChI is InChI=1S/C23H22O5/c1-28-16-12-10-15(11-13-16)17(6-4-5-9-22(25)26)20-14-21(24)18-7-2-3-8-19(18)23(20)27/h2-3,7-8,10-14,17H,4-6,9H2,1H3,(H,25,26). The second-order valence-electron chi connectivity index (χ2n) is 6.80. The van der Waals surface area contributed by atoms with E-state index < -0.39 is 5.97 Å². The van der Waals surface area contributed by atoms with Crippen molar-refractivity contribution < 1.29 is 24.2 Å². The molecule has 0 heterocycles. The van der Waals surface area contributed by atoms with Gasteiger partial charge in [0.15, 0.2) is 11.6 Å². The molecule has 2 aromatic carbocycles. The summed E-state index contributed by atoms with van der Waals surface area (Å²) in [7, 11) is 1.58. The predicted octanol–water partition coefficient (Wildman–Crippen LogP) is 4.43. The summed E-state index contributed by atoms with van der Waals surface area (Å²) in [6.07, 6.45) is 3.28. The lowest BCUT2D eigenvalue weighted by molar-refractivity contribution is -0.137. The van der Waals surface area contributed by atoms with Crippen molar-refractivity contribution in [2.45, 2.75) is 31.6 Å². The molecule has 0 aromatic heterocycles. The Kier molecular flexibility index (Phi) is 6.04. The second-order valence-corrected chi connectivity index (χ2v) is 6.80. The lowest BCUT2D eigenvalue weighted by Crippen LogP contribution is -2.21. The number of hydrogen-bond donors (Lipinski definition) is 1. The first-order valence-electron chi connectivity index (χ1n) is 9.26. The van der Waals surface area contributed by atoms with Gasteiger partial charge < -0.3 is 9.84 Å². The smallest absolute Gasteiger partial charge is 0.303 e. The van der Waals surface area contributed by atoms with Gasteiger partial charge in [-0.2, -0.15) is 0 Å². The van der Waals surface area contributed by atoms with Gasteiger partial charge in [0.1, 0.15) is 5.75 Å². The third-order valence-electron chi connectivity index (χ3n) is 5.01. The van der Waals surface area contributed by atoms with Gasteiger partial charge in [-0.05, 0) is 36.6 Å². The van der Waals surface area contributed by atoms with Crippen LogP contribution in [0.5, 0.6) is 5.75 Å². The fraction of sp³-hybridized carbons (Fsp3) is 0.261. The van der Waals surface area contributed by atoms with E-state index in [1.165, 1.54) is 6.08 Å². The predicted molar refractivity (Wildman–Crippen MR) is 105 cm³/mol. The van der Waals surface area contributed by atoms with Crippen LogP contribution in [-0.2, 0) is 4.79 Å². The van der Waals surface area contributed by atoms with Crippen LogP contribution in [0.25, 0.3) is 0 Å². The number of aliphatic carboxylic acids is 1. The molecule has 5 heteroatoms. The quantitative estimate of drug-likeness (QED) is 0.687. The average molecular weight is 378 g/mol. The fourth-order valence-electron chi connectivity index (χ4n) is 3.56. The van der Waals surface area contributed by atoms with Crippen molar-refractivity contribution in [2.75, 3.05) is 7.11 Å². The van der Waals surface area contributed by atoms with E-state index in [0.29, 0.717) is 41.7 Å². The SMILES string of the molecule is COc1ccc(C(CCCCC(=O)O)C2=CC(=O)c3ccccc3C2=O)cc1. The number of rotatable bonds is 8. The zero-order chi connectivity index (χ0) is 20.1. The highest BCUT2D eigenvalue weighted by atomic mass is 16.5. The zero-order valence-electron chi connectivity index (χ0n) is 15.7. The number of carbonyl (C=O) groups excluding carboxylic acids is 2. The van der Waals surface area contributed by atoms with Crippen molar-refractivity contribution in [3.8, 4) is 5.75 Å². The van der Waals surface area contributed by atoms with Crippen LogP contribution in [0.2, 0.25) is 0 Å². The minimum atomic E-state index is -0.835. The molecule has 3 rings (SSSR count). The van der Waals surface area contributed by atoms with Crippen molar-refractivity contribution in [3.05, 3.63) is 76.9 Å². The van der Waals surface area contributed by atoms with Crippen LogP contribution in [0.15, 0.2) is 60.2 Å². The number of carbonyl (C=O) groups is 3. The minimum Gasteiger partial charge on any atom is -0.497 e. The molecule has 1 atom stereocenters. The number of ketones is 2. The summed E-state index contributed by atoms with van der Waals surface area (Å²) >= 11 is 0. The number of carboxylic acids is 1. The third kappa shape index (κ3) is 4.19. The van der Waals surface area contributed by atoms with E-state index in [-0.39, 0.29) is 23.9 Å². The Morgan fingerprint density at radius 1 is 1.00 bits per heavy atom. The second kappa shape index (κ2) is 8.65. The minimum absolute atomic E-state index is 0.0874. The number of unbranched alkanes of at least 4 members (excludes halogenated alkanes) is 1. The molecule has 0 bridgehead atoms. The Labute approximate surface area is 163 Å². The van der Waals surface area contributed by atoms with E-state index in [1.807, 2.05) is 24.3 Å². The number of carboxylic acid groups (broad SMARTS) is 1. The monoisotopic (exact) mass is 378 g/mol. The van der Waals surface area contributed by atoms with Crippen LogP contribution in [0.4, 0.5) is 0 Å². The number of fused-ring (bicyclic) bond motifs is 1. The summed E-state index contributed by atoms with van der Waals surface area (Å²) in [5.41, 5.74) is 2.22. The number of allylic oxidation sites excluding steroid dienone is 2. The number of Topliss-reactive ketones (excluding diaryl/α,β-unsaturated/α-hetero) is 1. The zero-order valence-corrected chi connectivity index (χ0v) is 15.7. The van der Waals surface area contributed by atoms with Gasteiger partial charge in [0, 0.05) is 29.0 Å². The van der Waals surface area contributed by atoms with E-state index in [4.69, 9.17) is 9.84 Å². The molecule has 1 N–H and O–H groups in total. The number of ether oxygens (including phenoxy) is 1. The first-order chi connectivity index (χ1) is 13.5. The highest BCUT2D eigenvalue weighted by Gasteiger charge is 2.30. The largest absolute Gasteiger partial charge is 0.497 e. The molecule has 1 unspecified atom stereocenters. The molecule has 144 valence electrons. The molecule has 0 saturated carbocycles. The van der Waals surface area contributed by atoms with Crippen LogP contribution in [0, 0.1) is 0 Å². The van der Waals surface area contributed by atoms with Gasteiger partial charge in [-0.1, -0.05) is 42.8 Å². The van der Waals surface area contributed by atoms with Crippen molar-refractivity contribution in [1.82, 2.24) is 0 Å². The molecule has 0 saturated heterocycles. The summed E-state index contributed by atoms with van der Waals surface area (Å²) in [4.78, 5) is 36.5. The molecule has 0 fully saturated rings. The number of benzene rings is 2. The lowest BCUT2D eigenvalue weighted by Gasteiger charge is -2.24. The maximum Gasteiger partial charge on any atom is 0.303 e. The molecular formula is C23H22O5. The third-order valence-corrected chi connectivity index (χ3v) is 5.01. The van der Waals surface area contributed by atoms with E-state index >= 15 is 0 Å². The Morgan fingerprint density at radius 3 is 2.32 bits per heavy atom. The average Bonchev–Trinajstić information content (AvgIpc) is 2.71. The maximum absolute atomic E-state index is 13.1. The molecular weight excluding hydrogens is 356 g/mol. The molecule has 1 aliphatic rings. The first kappa shape index (κ1) is 19.5. The van der Waals surface area contributed by atoms with Gasteiger partial charge in [0.2, 0.25) is 0 Å². The molecule has 28 heavy (non-hydrogen) atoms. The van der Waals surface area contributed by atoms with Crippen LogP contribution in [0.1, 0.15) is 57.9 Å². The Hall–Kier alpha value is -3.21. The highest BCUT2D eigenvalue weighted by molar-refractivity contribution is 6.25. The maximum atomic E-state index is 13.1. The normalized spacial score (nSPS) is 14.2. The van der Waals surface area contributed by atoms with Crippen LogP contribution in [-0.4, -0.2) is 29.8 Å². The molecule has 1 aliphatic carbocycles. The Balaban J connectivity index is 1.92. The van der Waals surface area contributed by atoms with Gasteiger partial charge >= 0.3 is 5.97 Å². The Morgan fingerprint density at radius 2 is 1.68 bits per heavy atom. The summed E-state index contributed by atoms with van der Waals surface area (Å²) in [5.74, 6) is -0.718. The summed E-state index contributed by atoms with van der Waals surface area (Å²) in [6.45, 7) is 0. The van der Waals surface area contributed by atoms with Crippen molar-refractivity contribution in [1.29, 1.82) is 0 Å². The summed E-state index contributed by atoms with van der Waals surface area (Å²) in [6, 6.07) is 14.3. The fourth-order valence-corrected chi connectivity index (χ4v) is 3.56. The molecule has 0 spiro atoms. The van der Waals surface area contributed by atoms with Crippen molar-refractivity contribution >= 4 is 17.5 Å². The van der Waals surface area contributed by atoms with E-state index in [2.05, 4.69) is 0 Å². The molecule has 0 amide bonds. The van der Waals surface area contributed by atoms with Crippen molar-refractivity contribution in [3.63, 3.8) is 0 Å². The molecule has 5 nitrogen and oxygen atoms in total. The number of hydrogen-bond acceptors (Lipinski definition) is 4. The van der Waals surface area contributed by atoms with Gasteiger partial charge in [-0.15, -0.1) is 0 Å².